The number of hydrogen-bond acceptors (Lipinski definition) is 5. The molecule has 0 spiro atoms. The first-order valence-electron chi connectivity index (χ1n) is 10.1. The van der Waals surface area contributed by atoms with Gasteiger partial charge in [0.15, 0.2) is 0 Å². The van der Waals surface area contributed by atoms with E-state index in [1.165, 1.54) is 11.1 Å². The molecular weight excluding hydrogens is 374 g/mol. The van der Waals surface area contributed by atoms with Crippen LogP contribution < -0.4 is 16.3 Å². The second kappa shape index (κ2) is 8.75. The number of nitrogens with one attached hydrogen (secondary N) is 1. The Balaban J connectivity index is 1.63. The first-order chi connectivity index (χ1) is 14.5. The number of nitrogens with zero attached hydrogens (tertiary/aromatic N) is 2. The van der Waals surface area contributed by atoms with Crippen molar-refractivity contribution >= 4 is 17.5 Å². The Labute approximate surface area is 177 Å². The second-order valence-electron chi connectivity index (χ2n) is 7.76. The molecule has 6 nitrogen and oxygen atoms in total. The lowest BCUT2D eigenvalue weighted by Gasteiger charge is -2.16. The van der Waals surface area contributed by atoms with Gasteiger partial charge in [-0.05, 0) is 35.8 Å². The minimum absolute atomic E-state index is 0.645. The maximum atomic E-state index is 6.28. The average molecular weight is 404 g/mol. The van der Waals surface area contributed by atoms with Gasteiger partial charge in [-0.15, -0.1) is 0 Å². The van der Waals surface area contributed by atoms with Crippen molar-refractivity contribution in [3.63, 3.8) is 0 Å². The number of aromatic amines is 1. The van der Waals surface area contributed by atoms with E-state index in [4.69, 9.17) is 16.3 Å². The molecular formula is C24H29N5O. The van der Waals surface area contributed by atoms with Crippen molar-refractivity contribution in [1.82, 2.24) is 14.9 Å². The van der Waals surface area contributed by atoms with Gasteiger partial charge in [0, 0.05) is 42.5 Å². The Bertz CT molecular complexity index is 1060. The van der Waals surface area contributed by atoms with Crippen LogP contribution in [0.5, 0.6) is 5.75 Å². The predicted octanol–water partition coefficient (Wildman–Crippen LogP) is 3.78. The van der Waals surface area contributed by atoms with E-state index in [-0.39, 0.29) is 0 Å². The summed E-state index contributed by atoms with van der Waals surface area (Å²) in [5.74, 6) is 7.36. The van der Waals surface area contributed by atoms with Crippen LogP contribution in [0.3, 0.4) is 0 Å². The maximum absolute atomic E-state index is 6.28. The summed E-state index contributed by atoms with van der Waals surface area (Å²) >= 11 is 0. The van der Waals surface area contributed by atoms with E-state index in [9.17, 15) is 0 Å². The first-order valence-corrected chi connectivity index (χ1v) is 10.1. The summed E-state index contributed by atoms with van der Waals surface area (Å²) in [6.45, 7) is 5.73. The topological polar surface area (TPSA) is 83.5 Å². The number of benzene rings is 2. The third-order valence-electron chi connectivity index (χ3n) is 5.58. The van der Waals surface area contributed by atoms with Gasteiger partial charge in [0.1, 0.15) is 11.6 Å². The van der Waals surface area contributed by atoms with Crippen LogP contribution in [0.4, 0.5) is 5.82 Å². The lowest BCUT2D eigenvalue weighted by atomic mass is 9.98. The largest absolute Gasteiger partial charge is 0.496 e. The van der Waals surface area contributed by atoms with Crippen LogP contribution >= 0.6 is 0 Å². The van der Waals surface area contributed by atoms with E-state index in [1.807, 2.05) is 35.5 Å². The number of hydrogen-bond donors (Lipinski definition) is 3. The van der Waals surface area contributed by atoms with E-state index in [0.29, 0.717) is 5.82 Å². The highest BCUT2D eigenvalue weighted by Crippen LogP contribution is 2.36. The minimum Gasteiger partial charge on any atom is -0.496 e. The van der Waals surface area contributed by atoms with E-state index in [2.05, 4.69) is 47.1 Å². The van der Waals surface area contributed by atoms with Gasteiger partial charge in [0.25, 0.3) is 0 Å². The Morgan fingerprint density at radius 3 is 2.73 bits per heavy atom. The van der Waals surface area contributed by atoms with Crippen LogP contribution in [0, 0.1) is 0 Å². The number of nitrogens with two attached hydrogens (primary N) is 2. The monoisotopic (exact) mass is 403 g/mol. The Hall–Kier alpha value is -3.06. The predicted molar refractivity (Wildman–Crippen MR) is 123 cm³/mol. The van der Waals surface area contributed by atoms with E-state index in [1.54, 1.807) is 7.11 Å². The number of allylic oxidation sites excluding steroid dienone is 1. The summed E-state index contributed by atoms with van der Waals surface area (Å²) in [5, 5.41) is 1.85. The maximum Gasteiger partial charge on any atom is 0.126 e. The van der Waals surface area contributed by atoms with Crippen molar-refractivity contribution in [1.29, 1.82) is 0 Å². The van der Waals surface area contributed by atoms with Crippen LogP contribution in [0.1, 0.15) is 23.6 Å². The molecule has 156 valence electrons. The zero-order chi connectivity index (χ0) is 21.1. The molecule has 1 aliphatic heterocycles. The number of hydrazine groups is 1. The fourth-order valence-electron chi connectivity index (χ4n) is 3.97. The van der Waals surface area contributed by atoms with Crippen molar-refractivity contribution in [2.24, 2.45) is 5.84 Å². The zero-order valence-corrected chi connectivity index (χ0v) is 17.6. The summed E-state index contributed by atoms with van der Waals surface area (Å²) < 4.78 is 5.55. The molecule has 30 heavy (non-hydrogen) atoms. The van der Waals surface area contributed by atoms with Gasteiger partial charge in [-0.2, -0.15) is 0 Å². The highest BCUT2D eigenvalue weighted by Gasteiger charge is 2.17. The second-order valence-corrected chi connectivity index (χ2v) is 7.76. The molecule has 1 aliphatic rings. The molecule has 1 aromatic heterocycles. The summed E-state index contributed by atoms with van der Waals surface area (Å²) in [4.78, 5) is 5.51. The zero-order valence-electron chi connectivity index (χ0n) is 17.6. The van der Waals surface area contributed by atoms with Crippen molar-refractivity contribution in [3.8, 4) is 16.9 Å². The molecule has 1 saturated heterocycles. The fourth-order valence-corrected chi connectivity index (χ4v) is 3.97. The van der Waals surface area contributed by atoms with Crippen LogP contribution in [-0.4, -0.2) is 41.8 Å². The lowest BCUT2D eigenvalue weighted by Crippen LogP contribution is -2.30. The van der Waals surface area contributed by atoms with Gasteiger partial charge in [-0.3, -0.25) is 10.7 Å². The van der Waals surface area contributed by atoms with Gasteiger partial charge in [0.2, 0.25) is 0 Å². The number of methoxy groups -OCH3 is 1. The molecule has 6 heteroatoms. The van der Waals surface area contributed by atoms with E-state index < -0.39 is 0 Å². The van der Waals surface area contributed by atoms with Crippen molar-refractivity contribution in [3.05, 3.63) is 71.4 Å². The third kappa shape index (κ3) is 4.26. The smallest absolute Gasteiger partial charge is 0.126 e. The number of para-hydroxylation sites is 1. The lowest BCUT2D eigenvalue weighted by molar-refractivity contribution is 0.245. The summed E-state index contributed by atoms with van der Waals surface area (Å²) in [6.07, 6.45) is 4.08. The molecule has 2 aromatic carbocycles. The molecule has 0 aliphatic carbocycles. The number of nitrogen functional groups attached to an aromatic ring is 1. The summed E-state index contributed by atoms with van der Waals surface area (Å²) in [6, 6.07) is 16.6. The van der Waals surface area contributed by atoms with Gasteiger partial charge in [-0.1, -0.05) is 42.5 Å². The van der Waals surface area contributed by atoms with Gasteiger partial charge in [-0.25, -0.2) is 5.01 Å². The van der Waals surface area contributed by atoms with Gasteiger partial charge >= 0.3 is 0 Å². The molecule has 3 aromatic rings. The molecule has 0 unspecified atom stereocenters. The van der Waals surface area contributed by atoms with E-state index >= 15 is 0 Å². The molecule has 2 heterocycles. The number of H-pyrrole nitrogens is 1. The number of ether oxygens (including phenoxy) is 1. The number of rotatable bonds is 6. The van der Waals surface area contributed by atoms with Crippen molar-refractivity contribution in [2.75, 3.05) is 32.6 Å². The normalized spacial score (nSPS) is 15.6. The average Bonchev–Trinajstić information content (AvgIpc) is 3.33. The molecule has 0 bridgehead atoms. The number of anilines is 1. The Morgan fingerprint density at radius 1 is 1.13 bits per heavy atom. The SMILES string of the molecule is COc1ccccc1-c1c[nH]c(N)c1/C=C(\C)c1cccc(CN2CCN(N)C2)c1. The van der Waals surface area contributed by atoms with Gasteiger partial charge in [0.05, 0.1) is 13.8 Å². The van der Waals surface area contributed by atoms with Gasteiger partial charge < -0.3 is 15.5 Å². The first kappa shape index (κ1) is 20.2. The Kier molecular flexibility index (Phi) is 5.90. The standard InChI is InChI=1S/C24H29N5O/c1-17(19-7-5-6-18(13-19)15-28-10-11-29(26)16-28)12-21-22(14-27-24(21)25)20-8-3-4-9-23(20)30-2/h3-9,12-14,27H,10-11,15-16,25-26H2,1-2H3/b17-12+. The molecule has 1 fully saturated rings. The molecule has 0 radical (unpaired) electrons. The number of aromatic nitrogens is 1. The van der Waals surface area contributed by atoms with Crippen molar-refractivity contribution in [2.45, 2.75) is 13.5 Å². The minimum atomic E-state index is 0.645. The van der Waals surface area contributed by atoms with Crippen LogP contribution in [0.25, 0.3) is 22.8 Å². The third-order valence-corrected chi connectivity index (χ3v) is 5.58. The Morgan fingerprint density at radius 2 is 1.97 bits per heavy atom. The molecule has 5 N–H and O–H groups in total. The molecule has 0 amide bonds. The highest BCUT2D eigenvalue weighted by molar-refractivity contribution is 5.91. The van der Waals surface area contributed by atoms with Crippen LogP contribution in [0.2, 0.25) is 0 Å². The molecule has 0 saturated carbocycles. The van der Waals surface area contributed by atoms with E-state index in [0.717, 1.165) is 54.3 Å². The summed E-state index contributed by atoms with van der Waals surface area (Å²) in [5.41, 5.74) is 12.9. The van der Waals surface area contributed by atoms with Crippen LogP contribution in [0.15, 0.2) is 54.7 Å². The fraction of sp³-hybridized carbons (Fsp3) is 0.250. The van der Waals surface area contributed by atoms with Crippen molar-refractivity contribution < 1.29 is 4.74 Å². The quantitative estimate of drug-likeness (QED) is 0.546. The molecule has 4 rings (SSSR count). The molecule has 0 atom stereocenters. The summed E-state index contributed by atoms with van der Waals surface area (Å²) in [7, 11) is 1.69. The highest BCUT2D eigenvalue weighted by atomic mass is 16.5. The van der Waals surface area contributed by atoms with Crippen LogP contribution in [-0.2, 0) is 6.54 Å².